The highest BCUT2D eigenvalue weighted by Gasteiger charge is 2.20. The molecule has 116 valence electrons. The SMILES string of the molecule is CC(SCc1ccccc1)C(=O)NCC1CN(C)CCO1. The molecule has 1 amide bonds. The number of nitrogens with one attached hydrogen (secondary N) is 1. The fourth-order valence-corrected chi connectivity index (χ4v) is 3.09. The fraction of sp³-hybridized carbons (Fsp3) is 0.562. The van der Waals surface area contributed by atoms with E-state index in [1.54, 1.807) is 11.8 Å². The molecule has 5 heteroatoms. The van der Waals surface area contributed by atoms with Gasteiger partial charge in [0, 0.05) is 25.4 Å². The van der Waals surface area contributed by atoms with E-state index in [1.807, 2.05) is 25.1 Å². The Bertz CT molecular complexity index is 441. The lowest BCUT2D eigenvalue weighted by Gasteiger charge is -2.30. The van der Waals surface area contributed by atoms with Gasteiger partial charge in [0.2, 0.25) is 5.91 Å². The Labute approximate surface area is 131 Å². The van der Waals surface area contributed by atoms with Gasteiger partial charge in [-0.05, 0) is 19.5 Å². The van der Waals surface area contributed by atoms with Gasteiger partial charge < -0.3 is 15.0 Å². The Morgan fingerprint density at radius 1 is 1.48 bits per heavy atom. The molecule has 0 bridgehead atoms. The summed E-state index contributed by atoms with van der Waals surface area (Å²) >= 11 is 1.66. The molecule has 1 aliphatic rings. The predicted molar refractivity (Wildman–Crippen MR) is 87.4 cm³/mol. The molecule has 0 saturated carbocycles. The quantitative estimate of drug-likeness (QED) is 0.869. The van der Waals surface area contributed by atoms with Crippen molar-refractivity contribution in [3.05, 3.63) is 35.9 Å². The molecule has 1 aromatic rings. The third kappa shape index (κ3) is 5.69. The molecule has 0 aliphatic carbocycles. The first-order valence-electron chi connectivity index (χ1n) is 7.38. The molecule has 1 fully saturated rings. The summed E-state index contributed by atoms with van der Waals surface area (Å²) in [5.41, 5.74) is 1.25. The number of rotatable bonds is 6. The van der Waals surface area contributed by atoms with Crippen molar-refractivity contribution < 1.29 is 9.53 Å². The summed E-state index contributed by atoms with van der Waals surface area (Å²) in [6.45, 7) is 5.14. The van der Waals surface area contributed by atoms with Crippen molar-refractivity contribution in [2.75, 3.05) is 33.3 Å². The summed E-state index contributed by atoms with van der Waals surface area (Å²) in [6, 6.07) is 10.2. The van der Waals surface area contributed by atoms with Gasteiger partial charge in [0.1, 0.15) is 0 Å². The number of ether oxygens (including phenoxy) is 1. The molecule has 1 N–H and O–H groups in total. The minimum absolute atomic E-state index is 0.0495. The average molecular weight is 308 g/mol. The minimum Gasteiger partial charge on any atom is -0.374 e. The van der Waals surface area contributed by atoms with Gasteiger partial charge >= 0.3 is 0 Å². The predicted octanol–water partition coefficient (Wildman–Crippen LogP) is 1.76. The van der Waals surface area contributed by atoms with Crippen LogP contribution >= 0.6 is 11.8 Å². The molecule has 2 unspecified atom stereocenters. The van der Waals surface area contributed by atoms with Crippen LogP contribution in [-0.4, -0.2) is 55.4 Å². The first kappa shape index (κ1) is 16.3. The molecule has 1 heterocycles. The van der Waals surface area contributed by atoms with Gasteiger partial charge in [0.15, 0.2) is 0 Å². The van der Waals surface area contributed by atoms with Gasteiger partial charge in [-0.15, -0.1) is 11.8 Å². The number of likely N-dealkylation sites (N-methyl/N-ethyl adjacent to an activating group) is 1. The Morgan fingerprint density at radius 3 is 2.95 bits per heavy atom. The van der Waals surface area contributed by atoms with Crippen LogP contribution in [0.3, 0.4) is 0 Å². The Balaban J connectivity index is 1.67. The number of carbonyl (C=O) groups is 1. The molecule has 1 aliphatic heterocycles. The lowest BCUT2D eigenvalue weighted by molar-refractivity contribution is -0.121. The van der Waals surface area contributed by atoms with E-state index in [1.165, 1.54) is 5.56 Å². The third-order valence-corrected chi connectivity index (χ3v) is 4.77. The van der Waals surface area contributed by atoms with Gasteiger partial charge in [0.25, 0.3) is 0 Å². The van der Waals surface area contributed by atoms with E-state index in [9.17, 15) is 4.79 Å². The number of carbonyl (C=O) groups excluding carboxylic acids is 1. The summed E-state index contributed by atoms with van der Waals surface area (Å²) < 4.78 is 5.64. The molecule has 0 aromatic heterocycles. The fourth-order valence-electron chi connectivity index (χ4n) is 2.22. The molecular formula is C16H24N2O2S. The Hall–Kier alpha value is -1.04. The van der Waals surface area contributed by atoms with Crippen LogP contribution in [0.5, 0.6) is 0 Å². The molecule has 4 nitrogen and oxygen atoms in total. The van der Waals surface area contributed by atoms with Crippen LogP contribution in [0.2, 0.25) is 0 Å². The summed E-state index contributed by atoms with van der Waals surface area (Å²) in [4.78, 5) is 14.3. The van der Waals surface area contributed by atoms with Gasteiger partial charge in [-0.2, -0.15) is 0 Å². The first-order valence-corrected chi connectivity index (χ1v) is 8.43. The largest absolute Gasteiger partial charge is 0.374 e. The van der Waals surface area contributed by atoms with Crippen LogP contribution < -0.4 is 5.32 Å². The van der Waals surface area contributed by atoms with Gasteiger partial charge in [-0.1, -0.05) is 30.3 Å². The second-order valence-electron chi connectivity index (χ2n) is 5.44. The summed E-state index contributed by atoms with van der Waals surface area (Å²) in [7, 11) is 2.08. The van der Waals surface area contributed by atoms with Gasteiger partial charge in [0.05, 0.1) is 18.0 Å². The van der Waals surface area contributed by atoms with E-state index in [-0.39, 0.29) is 17.3 Å². The lowest BCUT2D eigenvalue weighted by Crippen LogP contribution is -2.47. The van der Waals surface area contributed by atoms with Crippen LogP contribution in [0.15, 0.2) is 30.3 Å². The van der Waals surface area contributed by atoms with E-state index < -0.39 is 0 Å². The van der Waals surface area contributed by atoms with Gasteiger partial charge in [-0.3, -0.25) is 4.79 Å². The number of benzene rings is 1. The third-order valence-electron chi connectivity index (χ3n) is 3.56. The maximum atomic E-state index is 12.1. The van der Waals surface area contributed by atoms with Crippen molar-refractivity contribution in [2.45, 2.75) is 24.0 Å². The van der Waals surface area contributed by atoms with Crippen LogP contribution in [0.25, 0.3) is 0 Å². The Kier molecular flexibility index (Phi) is 6.54. The van der Waals surface area contributed by atoms with Crippen LogP contribution in [0, 0.1) is 0 Å². The summed E-state index contributed by atoms with van der Waals surface area (Å²) in [5.74, 6) is 0.950. The van der Waals surface area contributed by atoms with Crippen molar-refractivity contribution in [1.29, 1.82) is 0 Å². The molecule has 2 atom stereocenters. The molecular weight excluding hydrogens is 284 g/mol. The molecule has 2 rings (SSSR count). The second kappa shape index (κ2) is 8.41. The van der Waals surface area contributed by atoms with E-state index in [0.717, 1.165) is 25.4 Å². The number of hydrogen-bond acceptors (Lipinski definition) is 4. The van der Waals surface area contributed by atoms with Crippen LogP contribution in [0.4, 0.5) is 0 Å². The lowest BCUT2D eigenvalue weighted by atomic mass is 10.2. The highest BCUT2D eigenvalue weighted by molar-refractivity contribution is 7.99. The minimum atomic E-state index is -0.0495. The summed E-state index contributed by atoms with van der Waals surface area (Å²) in [6.07, 6.45) is 0.110. The maximum Gasteiger partial charge on any atom is 0.232 e. The van der Waals surface area contributed by atoms with Crippen molar-refractivity contribution in [1.82, 2.24) is 10.2 Å². The maximum absolute atomic E-state index is 12.1. The molecule has 1 saturated heterocycles. The molecule has 1 aromatic carbocycles. The standard InChI is InChI=1S/C16H24N2O2S/c1-13(21-12-14-6-4-3-5-7-14)16(19)17-10-15-11-18(2)8-9-20-15/h3-7,13,15H,8-12H2,1-2H3,(H,17,19). The number of morpholine rings is 1. The Morgan fingerprint density at radius 2 is 2.24 bits per heavy atom. The first-order chi connectivity index (χ1) is 10.1. The number of amides is 1. The average Bonchev–Trinajstić information content (AvgIpc) is 2.51. The zero-order chi connectivity index (χ0) is 15.1. The van der Waals surface area contributed by atoms with E-state index in [4.69, 9.17) is 4.74 Å². The molecule has 0 spiro atoms. The topological polar surface area (TPSA) is 41.6 Å². The highest BCUT2D eigenvalue weighted by Crippen LogP contribution is 2.17. The van der Waals surface area contributed by atoms with Crippen molar-refractivity contribution >= 4 is 17.7 Å². The second-order valence-corrected chi connectivity index (χ2v) is 6.77. The molecule has 0 radical (unpaired) electrons. The van der Waals surface area contributed by atoms with Gasteiger partial charge in [-0.25, -0.2) is 0 Å². The highest BCUT2D eigenvalue weighted by atomic mass is 32.2. The van der Waals surface area contributed by atoms with E-state index >= 15 is 0 Å². The monoisotopic (exact) mass is 308 g/mol. The van der Waals surface area contributed by atoms with Crippen LogP contribution in [0.1, 0.15) is 12.5 Å². The van der Waals surface area contributed by atoms with E-state index in [0.29, 0.717) is 6.54 Å². The van der Waals surface area contributed by atoms with E-state index in [2.05, 4.69) is 29.4 Å². The zero-order valence-corrected chi connectivity index (χ0v) is 13.6. The summed E-state index contributed by atoms with van der Waals surface area (Å²) in [5, 5.41) is 2.95. The van der Waals surface area contributed by atoms with Crippen LogP contribution in [-0.2, 0) is 15.3 Å². The van der Waals surface area contributed by atoms with Crippen molar-refractivity contribution in [3.63, 3.8) is 0 Å². The molecule has 21 heavy (non-hydrogen) atoms. The number of thioether (sulfide) groups is 1. The van der Waals surface area contributed by atoms with Crippen molar-refractivity contribution in [2.24, 2.45) is 0 Å². The zero-order valence-electron chi connectivity index (χ0n) is 12.7. The number of hydrogen-bond donors (Lipinski definition) is 1. The normalized spacial score (nSPS) is 21.0. The smallest absolute Gasteiger partial charge is 0.232 e. The van der Waals surface area contributed by atoms with Crippen molar-refractivity contribution in [3.8, 4) is 0 Å². The number of nitrogens with zero attached hydrogens (tertiary/aromatic N) is 1.